The van der Waals surface area contributed by atoms with E-state index in [0.29, 0.717) is 0 Å². The Hall–Kier alpha value is -2.50. The van der Waals surface area contributed by atoms with Crippen molar-refractivity contribution in [3.8, 4) is 0 Å². The molecule has 6 heteroatoms. The van der Waals surface area contributed by atoms with Gasteiger partial charge in [0.25, 0.3) is 0 Å². The maximum atomic E-state index is 13.3. The molecule has 0 spiro atoms. The van der Waals surface area contributed by atoms with Gasteiger partial charge in [-0.15, -0.1) is 0 Å². The van der Waals surface area contributed by atoms with Crippen LogP contribution in [0.1, 0.15) is 5.56 Å². The second kappa shape index (κ2) is 5.90. The second-order valence-corrected chi connectivity index (χ2v) is 3.77. The van der Waals surface area contributed by atoms with Gasteiger partial charge in [-0.1, -0.05) is 12.1 Å². The summed E-state index contributed by atoms with van der Waals surface area (Å²) < 4.78 is 26.6. The molecule has 1 aromatic carbocycles. The van der Waals surface area contributed by atoms with Crippen LogP contribution in [-0.2, 0) is 6.54 Å². The zero-order chi connectivity index (χ0) is 13.7. The molecule has 0 unspecified atom stereocenters. The number of anilines is 1. The number of carbonyl (C=O) groups is 1. The highest BCUT2D eigenvalue weighted by atomic mass is 19.1. The topological polar surface area (TPSA) is 54.0 Å². The number of benzene rings is 1. The van der Waals surface area contributed by atoms with Crippen LogP contribution in [0.2, 0.25) is 0 Å². The normalized spacial score (nSPS) is 10.0. The van der Waals surface area contributed by atoms with E-state index in [1.807, 2.05) is 0 Å². The van der Waals surface area contributed by atoms with Crippen LogP contribution in [0.15, 0.2) is 42.7 Å². The molecule has 0 aliphatic rings. The van der Waals surface area contributed by atoms with Crippen LogP contribution in [0.4, 0.5) is 19.3 Å². The summed E-state index contributed by atoms with van der Waals surface area (Å²) in [5.74, 6) is -1.65. The standard InChI is InChI=1S/C13H11F2N3O/c14-10-4-1-5-11(15)12(10)18-13(19)17-8-9-3-2-6-16-7-9/h1-7H,8H2,(H2,17,18,19). The maximum absolute atomic E-state index is 13.3. The van der Waals surface area contributed by atoms with Crippen molar-refractivity contribution in [1.29, 1.82) is 0 Å². The monoisotopic (exact) mass is 263 g/mol. The van der Waals surface area contributed by atoms with Crippen molar-refractivity contribution >= 4 is 11.7 Å². The zero-order valence-corrected chi connectivity index (χ0v) is 9.86. The molecular weight excluding hydrogens is 252 g/mol. The molecule has 0 fully saturated rings. The summed E-state index contributed by atoms with van der Waals surface area (Å²) in [7, 11) is 0. The highest BCUT2D eigenvalue weighted by Gasteiger charge is 2.11. The Kier molecular flexibility index (Phi) is 4.02. The predicted octanol–water partition coefficient (Wildman–Crippen LogP) is 2.68. The van der Waals surface area contributed by atoms with Crippen molar-refractivity contribution in [3.63, 3.8) is 0 Å². The number of amides is 2. The van der Waals surface area contributed by atoms with Crippen LogP contribution >= 0.6 is 0 Å². The lowest BCUT2D eigenvalue weighted by atomic mass is 10.3. The van der Waals surface area contributed by atoms with Gasteiger partial charge in [0.15, 0.2) is 0 Å². The summed E-state index contributed by atoms with van der Waals surface area (Å²) in [5.41, 5.74) is 0.317. The summed E-state index contributed by atoms with van der Waals surface area (Å²) in [6.07, 6.45) is 3.20. The molecular formula is C13H11F2N3O. The third-order valence-electron chi connectivity index (χ3n) is 2.38. The minimum absolute atomic E-state index is 0.218. The van der Waals surface area contributed by atoms with E-state index in [1.165, 1.54) is 6.07 Å². The van der Waals surface area contributed by atoms with Gasteiger partial charge < -0.3 is 10.6 Å². The fourth-order valence-electron chi connectivity index (χ4n) is 1.46. The van der Waals surface area contributed by atoms with Crippen molar-refractivity contribution < 1.29 is 13.6 Å². The number of nitrogens with one attached hydrogen (secondary N) is 2. The van der Waals surface area contributed by atoms with Gasteiger partial charge in [0.05, 0.1) is 0 Å². The van der Waals surface area contributed by atoms with E-state index in [2.05, 4.69) is 15.6 Å². The number of para-hydroxylation sites is 1. The number of rotatable bonds is 3. The molecule has 0 radical (unpaired) electrons. The van der Waals surface area contributed by atoms with Crippen LogP contribution in [0.3, 0.4) is 0 Å². The smallest absolute Gasteiger partial charge is 0.319 e. The van der Waals surface area contributed by atoms with Crippen LogP contribution in [0.5, 0.6) is 0 Å². The van der Waals surface area contributed by atoms with Gasteiger partial charge in [-0.2, -0.15) is 0 Å². The van der Waals surface area contributed by atoms with E-state index in [-0.39, 0.29) is 6.54 Å². The van der Waals surface area contributed by atoms with Crippen molar-refractivity contribution in [1.82, 2.24) is 10.3 Å². The third kappa shape index (κ3) is 3.48. The first-order chi connectivity index (χ1) is 9.16. The van der Waals surface area contributed by atoms with Crippen molar-refractivity contribution in [2.24, 2.45) is 0 Å². The average Bonchev–Trinajstić information content (AvgIpc) is 2.42. The molecule has 0 atom stereocenters. The van der Waals surface area contributed by atoms with Gasteiger partial charge >= 0.3 is 6.03 Å². The quantitative estimate of drug-likeness (QED) is 0.894. The van der Waals surface area contributed by atoms with E-state index < -0.39 is 23.4 Å². The van der Waals surface area contributed by atoms with E-state index >= 15 is 0 Å². The SMILES string of the molecule is O=C(NCc1cccnc1)Nc1c(F)cccc1F. The van der Waals surface area contributed by atoms with Crippen molar-refractivity contribution in [2.45, 2.75) is 6.54 Å². The third-order valence-corrected chi connectivity index (χ3v) is 2.38. The second-order valence-electron chi connectivity index (χ2n) is 3.77. The Bertz CT molecular complexity index is 555. The van der Waals surface area contributed by atoms with Crippen LogP contribution in [-0.4, -0.2) is 11.0 Å². The first-order valence-corrected chi connectivity index (χ1v) is 5.54. The number of pyridine rings is 1. The Morgan fingerprint density at radius 2 is 1.89 bits per heavy atom. The molecule has 98 valence electrons. The molecule has 1 heterocycles. The number of carbonyl (C=O) groups excluding carboxylic acids is 1. The van der Waals surface area contributed by atoms with Crippen LogP contribution < -0.4 is 10.6 Å². The van der Waals surface area contributed by atoms with E-state index in [9.17, 15) is 13.6 Å². The molecule has 0 saturated heterocycles. The number of halogens is 2. The number of urea groups is 1. The minimum Gasteiger partial charge on any atom is -0.334 e. The first-order valence-electron chi connectivity index (χ1n) is 5.54. The van der Waals surface area contributed by atoms with Gasteiger partial charge in [-0.05, 0) is 23.8 Å². The molecule has 19 heavy (non-hydrogen) atoms. The van der Waals surface area contributed by atoms with Crippen LogP contribution in [0.25, 0.3) is 0 Å². The number of hydrogen-bond donors (Lipinski definition) is 2. The summed E-state index contributed by atoms with van der Waals surface area (Å²) in [5, 5.41) is 4.61. The Labute approximate surface area is 108 Å². The molecule has 2 N–H and O–H groups in total. The molecule has 4 nitrogen and oxygen atoms in total. The summed E-state index contributed by atoms with van der Waals surface area (Å²) in [4.78, 5) is 15.4. The van der Waals surface area contributed by atoms with E-state index in [4.69, 9.17) is 0 Å². The Balaban J connectivity index is 1.95. The van der Waals surface area contributed by atoms with Gasteiger partial charge in [0, 0.05) is 18.9 Å². The highest BCUT2D eigenvalue weighted by molar-refractivity contribution is 5.89. The largest absolute Gasteiger partial charge is 0.334 e. The highest BCUT2D eigenvalue weighted by Crippen LogP contribution is 2.17. The zero-order valence-electron chi connectivity index (χ0n) is 9.86. The lowest BCUT2D eigenvalue weighted by molar-refractivity contribution is 0.251. The summed E-state index contributed by atoms with van der Waals surface area (Å²) >= 11 is 0. The summed E-state index contributed by atoms with van der Waals surface area (Å²) in [6, 6.07) is 6.18. The Morgan fingerprint density at radius 1 is 1.16 bits per heavy atom. The fraction of sp³-hybridized carbons (Fsp3) is 0.0769. The molecule has 0 aliphatic heterocycles. The van der Waals surface area contributed by atoms with E-state index in [0.717, 1.165) is 17.7 Å². The molecule has 0 bridgehead atoms. The lowest BCUT2D eigenvalue weighted by Crippen LogP contribution is -2.29. The molecule has 2 aromatic rings. The molecule has 2 rings (SSSR count). The first kappa shape index (κ1) is 12.9. The van der Waals surface area contributed by atoms with Crippen molar-refractivity contribution in [3.05, 3.63) is 59.9 Å². The molecule has 2 amide bonds. The Morgan fingerprint density at radius 3 is 2.53 bits per heavy atom. The summed E-state index contributed by atoms with van der Waals surface area (Å²) in [6.45, 7) is 0.218. The maximum Gasteiger partial charge on any atom is 0.319 e. The fourth-order valence-corrected chi connectivity index (χ4v) is 1.46. The van der Waals surface area contributed by atoms with Gasteiger partial charge in [-0.25, -0.2) is 13.6 Å². The van der Waals surface area contributed by atoms with Crippen molar-refractivity contribution in [2.75, 3.05) is 5.32 Å². The van der Waals surface area contributed by atoms with E-state index in [1.54, 1.807) is 24.5 Å². The van der Waals surface area contributed by atoms with Crippen LogP contribution in [0, 0.1) is 11.6 Å². The van der Waals surface area contributed by atoms with Gasteiger partial charge in [0.2, 0.25) is 0 Å². The molecule has 1 aromatic heterocycles. The lowest BCUT2D eigenvalue weighted by Gasteiger charge is -2.09. The number of aromatic nitrogens is 1. The molecule has 0 saturated carbocycles. The van der Waals surface area contributed by atoms with Gasteiger partial charge in [0.1, 0.15) is 17.3 Å². The molecule has 0 aliphatic carbocycles. The number of nitrogens with zero attached hydrogens (tertiary/aromatic N) is 1. The number of hydrogen-bond acceptors (Lipinski definition) is 2. The predicted molar refractivity (Wildman–Crippen MR) is 66.5 cm³/mol. The average molecular weight is 263 g/mol. The minimum atomic E-state index is -0.823. The van der Waals surface area contributed by atoms with Gasteiger partial charge in [-0.3, -0.25) is 4.98 Å².